The number of rotatable bonds is 5. The van der Waals surface area contributed by atoms with E-state index < -0.39 is 0 Å². The molecule has 2 aromatic carbocycles. The zero-order valence-corrected chi connectivity index (χ0v) is 15.8. The molecule has 0 aliphatic carbocycles. The molecule has 0 spiro atoms. The molecule has 0 N–H and O–H groups in total. The lowest BCUT2D eigenvalue weighted by atomic mass is 9.90. The van der Waals surface area contributed by atoms with Crippen molar-refractivity contribution in [2.75, 3.05) is 19.6 Å². The molecule has 0 atom stereocenters. The highest BCUT2D eigenvalue weighted by Gasteiger charge is 2.35. The number of fused-ring (bicyclic) bond motifs is 1. The number of amides is 3. The van der Waals surface area contributed by atoms with Crippen molar-refractivity contribution in [3.8, 4) is 0 Å². The summed E-state index contributed by atoms with van der Waals surface area (Å²) in [6, 6.07) is 17.3. The predicted molar refractivity (Wildman–Crippen MR) is 106 cm³/mol. The van der Waals surface area contributed by atoms with E-state index >= 15 is 0 Å². The van der Waals surface area contributed by atoms with Crippen molar-refractivity contribution in [3.05, 3.63) is 71.3 Å². The molecule has 1 saturated heterocycles. The summed E-state index contributed by atoms with van der Waals surface area (Å²) in [5, 5.41) is 0. The summed E-state index contributed by atoms with van der Waals surface area (Å²) in [5.74, 6) is 0.0299. The van der Waals surface area contributed by atoms with E-state index in [9.17, 15) is 14.4 Å². The molecule has 2 aromatic rings. The number of benzene rings is 2. The van der Waals surface area contributed by atoms with Crippen LogP contribution in [0.5, 0.6) is 0 Å². The maximum atomic E-state index is 12.6. The summed E-state index contributed by atoms with van der Waals surface area (Å²) in [6.07, 6.45) is 3.23. The quantitative estimate of drug-likeness (QED) is 0.753. The van der Waals surface area contributed by atoms with Gasteiger partial charge in [0.2, 0.25) is 5.91 Å². The Hall–Kier alpha value is -2.95. The predicted octanol–water partition coefficient (Wildman–Crippen LogP) is 3.15. The van der Waals surface area contributed by atoms with Gasteiger partial charge in [0.15, 0.2) is 0 Å². The SMILES string of the molecule is O=C(CCN1C(=O)c2ccccc2C1=O)N1CCC(Cc2ccccc2)CC1. The Balaban J connectivity index is 1.27. The lowest BCUT2D eigenvalue weighted by Gasteiger charge is -2.32. The van der Waals surface area contributed by atoms with Gasteiger partial charge in [-0.15, -0.1) is 0 Å². The molecule has 2 heterocycles. The van der Waals surface area contributed by atoms with E-state index in [1.807, 2.05) is 11.0 Å². The van der Waals surface area contributed by atoms with Crippen LogP contribution in [-0.4, -0.2) is 47.2 Å². The normalized spacial score (nSPS) is 17.1. The van der Waals surface area contributed by atoms with E-state index in [-0.39, 0.29) is 30.7 Å². The number of nitrogens with zero attached hydrogens (tertiary/aromatic N) is 2. The second kappa shape index (κ2) is 7.97. The van der Waals surface area contributed by atoms with E-state index in [1.54, 1.807) is 24.3 Å². The molecule has 5 heteroatoms. The summed E-state index contributed by atoms with van der Waals surface area (Å²) >= 11 is 0. The summed E-state index contributed by atoms with van der Waals surface area (Å²) in [6.45, 7) is 1.64. The number of carbonyl (C=O) groups is 3. The lowest BCUT2D eigenvalue weighted by Crippen LogP contribution is -2.41. The van der Waals surface area contributed by atoms with E-state index in [0.29, 0.717) is 17.0 Å². The van der Waals surface area contributed by atoms with Gasteiger partial charge in [-0.05, 0) is 42.9 Å². The van der Waals surface area contributed by atoms with E-state index in [2.05, 4.69) is 24.3 Å². The van der Waals surface area contributed by atoms with Crippen LogP contribution >= 0.6 is 0 Å². The molecule has 28 heavy (non-hydrogen) atoms. The number of piperidine rings is 1. The smallest absolute Gasteiger partial charge is 0.261 e. The molecule has 3 amide bonds. The molecule has 0 saturated carbocycles. The topological polar surface area (TPSA) is 57.7 Å². The monoisotopic (exact) mass is 376 g/mol. The largest absolute Gasteiger partial charge is 0.343 e. The Morgan fingerprint density at radius 1 is 0.857 bits per heavy atom. The van der Waals surface area contributed by atoms with E-state index in [0.717, 1.165) is 32.4 Å². The molecule has 0 radical (unpaired) electrons. The molecular formula is C23H24N2O3. The second-order valence-corrected chi connectivity index (χ2v) is 7.57. The van der Waals surface area contributed by atoms with Gasteiger partial charge < -0.3 is 4.90 Å². The first-order chi connectivity index (χ1) is 13.6. The highest BCUT2D eigenvalue weighted by Crippen LogP contribution is 2.24. The Bertz CT molecular complexity index is 851. The van der Waals surface area contributed by atoms with Crippen LogP contribution in [0.15, 0.2) is 54.6 Å². The van der Waals surface area contributed by atoms with Gasteiger partial charge in [0, 0.05) is 26.1 Å². The first-order valence-electron chi connectivity index (χ1n) is 9.90. The maximum absolute atomic E-state index is 12.6. The number of hydrogen-bond donors (Lipinski definition) is 0. The highest BCUT2D eigenvalue weighted by molar-refractivity contribution is 6.21. The molecule has 5 nitrogen and oxygen atoms in total. The molecule has 2 aliphatic rings. The van der Waals surface area contributed by atoms with Crippen LogP contribution < -0.4 is 0 Å². The minimum absolute atomic E-state index is 0.0229. The Morgan fingerprint density at radius 3 is 2.04 bits per heavy atom. The van der Waals surface area contributed by atoms with Crippen LogP contribution in [0.4, 0.5) is 0 Å². The van der Waals surface area contributed by atoms with Crippen LogP contribution in [0.3, 0.4) is 0 Å². The fraction of sp³-hybridized carbons (Fsp3) is 0.348. The van der Waals surface area contributed by atoms with Gasteiger partial charge in [0.1, 0.15) is 0 Å². The minimum Gasteiger partial charge on any atom is -0.343 e. The zero-order chi connectivity index (χ0) is 19.5. The molecule has 144 valence electrons. The number of likely N-dealkylation sites (tertiary alicyclic amines) is 1. The third-order valence-electron chi connectivity index (χ3n) is 5.76. The average Bonchev–Trinajstić information content (AvgIpc) is 2.98. The van der Waals surface area contributed by atoms with Gasteiger partial charge in [-0.2, -0.15) is 0 Å². The van der Waals surface area contributed by atoms with E-state index in [1.165, 1.54) is 10.5 Å². The van der Waals surface area contributed by atoms with Gasteiger partial charge >= 0.3 is 0 Å². The molecule has 0 unspecified atom stereocenters. The van der Waals surface area contributed by atoms with Crippen molar-refractivity contribution in [1.82, 2.24) is 9.80 Å². The van der Waals surface area contributed by atoms with Crippen molar-refractivity contribution < 1.29 is 14.4 Å². The fourth-order valence-electron chi connectivity index (χ4n) is 4.14. The molecule has 0 aromatic heterocycles. The molecular weight excluding hydrogens is 352 g/mol. The van der Waals surface area contributed by atoms with Crippen molar-refractivity contribution >= 4 is 17.7 Å². The average molecular weight is 376 g/mol. The highest BCUT2D eigenvalue weighted by atomic mass is 16.2. The van der Waals surface area contributed by atoms with Crippen LogP contribution in [0.25, 0.3) is 0 Å². The summed E-state index contributed by atoms with van der Waals surface area (Å²) in [5.41, 5.74) is 2.21. The standard InChI is InChI=1S/C23H24N2O3/c26-21(12-15-25-22(27)19-8-4-5-9-20(19)23(25)28)24-13-10-18(11-14-24)16-17-6-2-1-3-7-17/h1-9,18H,10-16H2. The Morgan fingerprint density at radius 2 is 1.43 bits per heavy atom. The minimum atomic E-state index is -0.296. The van der Waals surface area contributed by atoms with Crippen molar-refractivity contribution in [2.24, 2.45) is 5.92 Å². The van der Waals surface area contributed by atoms with Gasteiger partial charge in [-0.1, -0.05) is 42.5 Å². The summed E-state index contributed by atoms with van der Waals surface area (Å²) in [4.78, 5) is 40.4. The van der Waals surface area contributed by atoms with Crippen LogP contribution in [-0.2, 0) is 11.2 Å². The Kier molecular flexibility index (Phi) is 5.24. The van der Waals surface area contributed by atoms with Crippen LogP contribution in [0.1, 0.15) is 45.5 Å². The summed E-state index contributed by atoms with van der Waals surface area (Å²) < 4.78 is 0. The lowest BCUT2D eigenvalue weighted by molar-refractivity contribution is -0.132. The van der Waals surface area contributed by atoms with Gasteiger partial charge in [0.05, 0.1) is 11.1 Å². The maximum Gasteiger partial charge on any atom is 0.261 e. The van der Waals surface area contributed by atoms with Gasteiger partial charge in [-0.3, -0.25) is 19.3 Å². The third kappa shape index (κ3) is 3.70. The second-order valence-electron chi connectivity index (χ2n) is 7.57. The van der Waals surface area contributed by atoms with Gasteiger partial charge in [-0.25, -0.2) is 0 Å². The first kappa shape index (κ1) is 18.4. The molecule has 1 fully saturated rings. The molecule has 0 bridgehead atoms. The Labute approximate surface area is 164 Å². The third-order valence-corrected chi connectivity index (χ3v) is 5.76. The van der Waals surface area contributed by atoms with Crippen LogP contribution in [0, 0.1) is 5.92 Å². The van der Waals surface area contributed by atoms with Crippen molar-refractivity contribution in [1.29, 1.82) is 0 Å². The number of imide groups is 1. The van der Waals surface area contributed by atoms with Crippen LogP contribution in [0.2, 0.25) is 0 Å². The zero-order valence-electron chi connectivity index (χ0n) is 15.8. The first-order valence-corrected chi connectivity index (χ1v) is 9.90. The number of carbonyl (C=O) groups excluding carboxylic acids is 3. The van der Waals surface area contributed by atoms with Gasteiger partial charge in [0.25, 0.3) is 11.8 Å². The summed E-state index contributed by atoms with van der Waals surface area (Å²) in [7, 11) is 0. The molecule has 4 rings (SSSR count). The number of hydrogen-bond acceptors (Lipinski definition) is 3. The molecule has 2 aliphatic heterocycles. The van der Waals surface area contributed by atoms with E-state index in [4.69, 9.17) is 0 Å². The van der Waals surface area contributed by atoms with Crippen molar-refractivity contribution in [2.45, 2.75) is 25.7 Å². The fourth-order valence-corrected chi connectivity index (χ4v) is 4.14. The van der Waals surface area contributed by atoms with Crippen molar-refractivity contribution in [3.63, 3.8) is 0 Å².